The number of alkyl carbamates (subject to hydrolysis) is 1. The van der Waals surface area contributed by atoms with Gasteiger partial charge in [0, 0.05) is 18.0 Å². The number of hydrogen-bond acceptors (Lipinski definition) is 2. The van der Waals surface area contributed by atoms with Gasteiger partial charge < -0.3 is 10.1 Å². The first kappa shape index (κ1) is 16.3. The highest BCUT2D eigenvalue weighted by atomic mass is 35.5. The fourth-order valence-corrected chi connectivity index (χ4v) is 1.45. The molecule has 0 radical (unpaired) electrons. The highest BCUT2D eigenvalue weighted by Crippen LogP contribution is 2.13. The van der Waals surface area contributed by atoms with Crippen LogP contribution in [0.4, 0.5) is 9.18 Å². The molecule has 20 heavy (non-hydrogen) atoms. The van der Waals surface area contributed by atoms with Crippen LogP contribution in [0.1, 0.15) is 32.8 Å². The second kappa shape index (κ2) is 7.16. The van der Waals surface area contributed by atoms with Crippen LogP contribution in [-0.4, -0.2) is 18.2 Å². The molecule has 1 amide bonds. The average Bonchev–Trinajstić information content (AvgIpc) is 2.28. The maximum absolute atomic E-state index is 13.4. The van der Waals surface area contributed by atoms with Crippen LogP contribution in [-0.2, 0) is 4.74 Å². The maximum atomic E-state index is 13.4. The minimum Gasteiger partial charge on any atom is -0.444 e. The highest BCUT2D eigenvalue weighted by Gasteiger charge is 2.15. The van der Waals surface area contributed by atoms with Crippen molar-refractivity contribution in [3.8, 4) is 11.8 Å². The molecule has 0 aliphatic heterocycles. The maximum Gasteiger partial charge on any atom is 0.407 e. The fourth-order valence-electron chi connectivity index (χ4n) is 1.29. The number of halogens is 2. The molecule has 0 aliphatic rings. The first-order valence-corrected chi connectivity index (χ1v) is 6.56. The SMILES string of the molecule is CC(C)(C)OC(=O)NCCC#Cc1ccc(Cl)cc1F. The van der Waals surface area contributed by atoms with Gasteiger partial charge in [0.25, 0.3) is 0 Å². The molecule has 0 aromatic heterocycles. The Morgan fingerprint density at radius 3 is 2.75 bits per heavy atom. The number of rotatable bonds is 2. The third-order valence-electron chi connectivity index (χ3n) is 2.07. The average molecular weight is 298 g/mol. The minimum atomic E-state index is -0.526. The molecule has 0 saturated carbocycles. The molecule has 0 fully saturated rings. The summed E-state index contributed by atoms with van der Waals surface area (Å²) in [5.41, 5.74) is -0.242. The third-order valence-corrected chi connectivity index (χ3v) is 2.31. The number of nitrogens with one attached hydrogen (secondary N) is 1. The van der Waals surface area contributed by atoms with Crippen LogP contribution < -0.4 is 5.32 Å². The predicted octanol–water partition coefficient (Wildman–Crippen LogP) is 3.75. The van der Waals surface area contributed by atoms with E-state index < -0.39 is 17.5 Å². The van der Waals surface area contributed by atoms with Gasteiger partial charge in [0.05, 0.1) is 5.56 Å². The lowest BCUT2D eigenvalue weighted by Crippen LogP contribution is -2.32. The van der Waals surface area contributed by atoms with Gasteiger partial charge in [-0.3, -0.25) is 0 Å². The van der Waals surface area contributed by atoms with Crippen LogP contribution in [0.3, 0.4) is 0 Å². The van der Waals surface area contributed by atoms with E-state index >= 15 is 0 Å². The molecule has 1 aromatic rings. The van der Waals surface area contributed by atoms with Crippen molar-refractivity contribution < 1.29 is 13.9 Å². The van der Waals surface area contributed by atoms with Gasteiger partial charge in [0.2, 0.25) is 0 Å². The zero-order valence-corrected chi connectivity index (χ0v) is 12.5. The Morgan fingerprint density at radius 1 is 1.45 bits per heavy atom. The zero-order valence-electron chi connectivity index (χ0n) is 11.7. The standard InChI is InChI=1S/C15H17ClFNO2/c1-15(2,3)20-14(19)18-9-5-4-6-11-7-8-12(16)10-13(11)17/h7-8,10H,5,9H2,1-3H3,(H,18,19). The molecule has 108 valence electrons. The lowest BCUT2D eigenvalue weighted by Gasteiger charge is -2.19. The van der Waals surface area contributed by atoms with E-state index in [4.69, 9.17) is 16.3 Å². The molecular formula is C15H17ClFNO2. The highest BCUT2D eigenvalue weighted by molar-refractivity contribution is 6.30. The lowest BCUT2D eigenvalue weighted by molar-refractivity contribution is 0.0529. The number of amides is 1. The largest absolute Gasteiger partial charge is 0.444 e. The van der Waals surface area contributed by atoms with E-state index in [9.17, 15) is 9.18 Å². The Bertz CT molecular complexity index is 541. The van der Waals surface area contributed by atoms with Crippen LogP contribution in [0.5, 0.6) is 0 Å². The second-order valence-electron chi connectivity index (χ2n) is 5.10. The summed E-state index contributed by atoms with van der Waals surface area (Å²) < 4.78 is 18.5. The summed E-state index contributed by atoms with van der Waals surface area (Å²) in [6.07, 6.45) is -0.0848. The fraction of sp³-hybridized carbons (Fsp3) is 0.400. The van der Waals surface area contributed by atoms with E-state index in [0.29, 0.717) is 18.0 Å². The van der Waals surface area contributed by atoms with Crippen LogP contribution >= 0.6 is 11.6 Å². The van der Waals surface area contributed by atoms with Crippen molar-refractivity contribution in [2.24, 2.45) is 0 Å². The van der Waals surface area contributed by atoms with E-state index in [-0.39, 0.29) is 5.56 Å². The Balaban J connectivity index is 2.38. The molecule has 0 bridgehead atoms. The van der Waals surface area contributed by atoms with Crippen molar-refractivity contribution in [1.29, 1.82) is 0 Å². The molecule has 5 heteroatoms. The second-order valence-corrected chi connectivity index (χ2v) is 5.54. The molecule has 0 saturated heterocycles. The van der Waals surface area contributed by atoms with Crippen molar-refractivity contribution in [3.05, 3.63) is 34.6 Å². The number of ether oxygens (including phenoxy) is 1. The Hall–Kier alpha value is -1.73. The summed E-state index contributed by atoms with van der Waals surface area (Å²) in [5, 5.41) is 2.90. The van der Waals surface area contributed by atoms with Crippen molar-refractivity contribution in [3.63, 3.8) is 0 Å². The predicted molar refractivity (Wildman–Crippen MR) is 77.1 cm³/mol. The summed E-state index contributed by atoms with van der Waals surface area (Å²) >= 11 is 5.64. The smallest absolute Gasteiger partial charge is 0.407 e. The first-order chi connectivity index (χ1) is 9.28. The summed E-state index contributed by atoms with van der Waals surface area (Å²) in [7, 11) is 0. The van der Waals surface area contributed by atoms with Gasteiger partial charge in [-0.2, -0.15) is 0 Å². The van der Waals surface area contributed by atoms with Gasteiger partial charge in [0.15, 0.2) is 0 Å². The summed E-state index contributed by atoms with van der Waals surface area (Å²) in [6, 6.07) is 4.31. The minimum absolute atomic E-state index is 0.284. The number of carbonyl (C=O) groups is 1. The van der Waals surface area contributed by atoms with Crippen molar-refractivity contribution in [2.75, 3.05) is 6.54 Å². The monoisotopic (exact) mass is 297 g/mol. The van der Waals surface area contributed by atoms with Gasteiger partial charge in [-0.25, -0.2) is 9.18 Å². The molecule has 3 nitrogen and oxygen atoms in total. The molecular weight excluding hydrogens is 281 g/mol. The van der Waals surface area contributed by atoms with Gasteiger partial charge in [0.1, 0.15) is 11.4 Å². The summed E-state index contributed by atoms with van der Waals surface area (Å²) in [6.45, 7) is 5.71. The van der Waals surface area contributed by atoms with Gasteiger partial charge in [-0.15, -0.1) is 0 Å². The molecule has 0 spiro atoms. The molecule has 0 unspecified atom stereocenters. The van der Waals surface area contributed by atoms with Crippen LogP contribution in [0.25, 0.3) is 0 Å². The molecule has 1 rings (SSSR count). The third kappa shape index (κ3) is 6.44. The topological polar surface area (TPSA) is 38.3 Å². The summed E-state index contributed by atoms with van der Waals surface area (Å²) in [4.78, 5) is 11.3. The van der Waals surface area contributed by atoms with E-state index in [1.807, 2.05) is 0 Å². The lowest BCUT2D eigenvalue weighted by atomic mass is 10.2. The summed E-state index contributed by atoms with van der Waals surface area (Å²) in [5.74, 6) is 5.01. The van der Waals surface area contributed by atoms with Crippen LogP contribution in [0, 0.1) is 17.7 Å². The first-order valence-electron chi connectivity index (χ1n) is 6.19. The quantitative estimate of drug-likeness (QED) is 0.667. The van der Waals surface area contributed by atoms with Gasteiger partial charge in [-0.05, 0) is 39.0 Å². The van der Waals surface area contributed by atoms with Crippen molar-refractivity contribution in [2.45, 2.75) is 32.8 Å². The Kier molecular flexibility index (Phi) is 5.84. The molecule has 0 atom stereocenters. The normalized spacial score (nSPS) is 10.4. The number of carbonyl (C=O) groups excluding carboxylic acids is 1. The van der Waals surface area contributed by atoms with Crippen molar-refractivity contribution >= 4 is 17.7 Å². The molecule has 1 N–H and O–H groups in total. The Morgan fingerprint density at radius 2 is 2.15 bits per heavy atom. The van der Waals surface area contributed by atoms with Crippen LogP contribution in [0.2, 0.25) is 5.02 Å². The van der Waals surface area contributed by atoms with Gasteiger partial charge >= 0.3 is 6.09 Å². The van der Waals surface area contributed by atoms with E-state index in [1.54, 1.807) is 26.8 Å². The van der Waals surface area contributed by atoms with Crippen LogP contribution in [0.15, 0.2) is 18.2 Å². The van der Waals surface area contributed by atoms with E-state index in [0.717, 1.165) is 0 Å². The number of hydrogen-bond donors (Lipinski definition) is 1. The van der Waals surface area contributed by atoms with E-state index in [2.05, 4.69) is 17.2 Å². The Labute approximate surface area is 123 Å². The molecule has 1 aromatic carbocycles. The van der Waals surface area contributed by atoms with Crippen molar-refractivity contribution in [1.82, 2.24) is 5.32 Å². The van der Waals surface area contributed by atoms with E-state index in [1.165, 1.54) is 12.1 Å². The number of benzene rings is 1. The molecule has 0 heterocycles. The zero-order chi connectivity index (χ0) is 15.2. The molecule has 0 aliphatic carbocycles. The van der Waals surface area contributed by atoms with Gasteiger partial charge in [-0.1, -0.05) is 23.4 Å².